The molecule has 2 rings (SSSR count). The summed E-state index contributed by atoms with van der Waals surface area (Å²) >= 11 is 3.48. The number of carbonyl (C=O) groups excluding carboxylic acids is 1. The van der Waals surface area contributed by atoms with E-state index in [-0.39, 0.29) is 0 Å². The molecule has 1 aromatic carbocycles. The van der Waals surface area contributed by atoms with Gasteiger partial charge in [-0.1, -0.05) is 6.07 Å². The van der Waals surface area contributed by atoms with Gasteiger partial charge < -0.3 is 14.5 Å². The maximum absolute atomic E-state index is 11.3. The highest BCUT2D eigenvalue weighted by Crippen LogP contribution is 2.24. The van der Waals surface area contributed by atoms with Gasteiger partial charge in [0.2, 0.25) is 0 Å². The second-order valence-corrected chi connectivity index (χ2v) is 4.98. The van der Waals surface area contributed by atoms with Crippen LogP contribution in [0.2, 0.25) is 0 Å². The van der Waals surface area contributed by atoms with Crippen molar-refractivity contribution in [1.29, 1.82) is 0 Å². The summed E-state index contributed by atoms with van der Waals surface area (Å²) < 4.78 is 10.9. The lowest BCUT2D eigenvalue weighted by Gasteiger charge is -2.07. The quantitative estimate of drug-likeness (QED) is 0.870. The van der Waals surface area contributed by atoms with Crippen molar-refractivity contribution in [3.63, 3.8) is 0 Å². The van der Waals surface area contributed by atoms with Crippen LogP contribution >= 0.6 is 15.9 Å². The topological polar surface area (TPSA) is 51.5 Å². The van der Waals surface area contributed by atoms with Gasteiger partial charge in [-0.25, -0.2) is 4.79 Å². The van der Waals surface area contributed by atoms with Crippen LogP contribution in [0.15, 0.2) is 39.4 Å². The molecule has 2 aromatic rings. The average Bonchev–Trinajstić information content (AvgIpc) is 2.88. The van der Waals surface area contributed by atoms with Crippen LogP contribution in [0, 0.1) is 6.92 Å². The minimum Gasteiger partial charge on any atom is -0.467 e. The van der Waals surface area contributed by atoms with Gasteiger partial charge in [0, 0.05) is 10.2 Å². The van der Waals surface area contributed by atoms with Gasteiger partial charge >= 0.3 is 5.97 Å². The van der Waals surface area contributed by atoms with E-state index in [1.54, 1.807) is 6.07 Å². The summed E-state index contributed by atoms with van der Waals surface area (Å²) in [6, 6.07) is 7.72. The zero-order valence-corrected chi connectivity index (χ0v) is 12.3. The number of aryl methyl sites for hydroxylation is 1. The molecule has 1 heterocycles. The lowest BCUT2D eigenvalue weighted by Crippen LogP contribution is -2.00. The maximum atomic E-state index is 11.3. The Morgan fingerprint density at radius 2 is 2.21 bits per heavy atom. The SMILES string of the molecule is COC(=O)c1coc(CNc2cc(C)ccc2Br)c1. The molecule has 4 nitrogen and oxygen atoms in total. The lowest BCUT2D eigenvalue weighted by molar-refractivity contribution is 0.0600. The Morgan fingerprint density at radius 3 is 2.95 bits per heavy atom. The predicted octanol–water partition coefficient (Wildman–Crippen LogP) is 3.75. The standard InChI is InChI=1S/C14H14BrNO3/c1-9-3-4-12(15)13(5-9)16-7-11-6-10(8-19-11)14(17)18-2/h3-6,8,16H,7H2,1-2H3. The molecule has 0 bridgehead atoms. The van der Waals surface area contributed by atoms with E-state index in [2.05, 4.69) is 26.0 Å². The summed E-state index contributed by atoms with van der Waals surface area (Å²) in [6.07, 6.45) is 1.40. The van der Waals surface area contributed by atoms with E-state index in [0.717, 1.165) is 10.2 Å². The van der Waals surface area contributed by atoms with Crippen molar-refractivity contribution in [2.75, 3.05) is 12.4 Å². The van der Waals surface area contributed by atoms with E-state index in [9.17, 15) is 4.79 Å². The molecule has 0 spiro atoms. The Morgan fingerprint density at radius 1 is 1.42 bits per heavy atom. The summed E-state index contributed by atoms with van der Waals surface area (Å²) in [5, 5.41) is 3.25. The fourth-order valence-electron chi connectivity index (χ4n) is 1.66. The zero-order chi connectivity index (χ0) is 13.8. The van der Waals surface area contributed by atoms with Gasteiger partial charge in [0.15, 0.2) is 0 Å². The number of rotatable bonds is 4. The minimum atomic E-state index is -0.397. The summed E-state index contributed by atoms with van der Waals surface area (Å²) in [7, 11) is 1.34. The van der Waals surface area contributed by atoms with E-state index < -0.39 is 5.97 Å². The Bertz CT molecular complexity index is 592. The molecule has 0 amide bonds. The van der Waals surface area contributed by atoms with Crippen LogP contribution in [-0.2, 0) is 11.3 Å². The van der Waals surface area contributed by atoms with Crippen molar-refractivity contribution in [2.45, 2.75) is 13.5 Å². The second kappa shape index (κ2) is 5.93. The van der Waals surface area contributed by atoms with Crippen molar-refractivity contribution < 1.29 is 13.9 Å². The molecule has 0 aliphatic carbocycles. The highest BCUT2D eigenvalue weighted by Gasteiger charge is 2.10. The number of furan rings is 1. The first-order chi connectivity index (χ1) is 9.10. The van der Waals surface area contributed by atoms with E-state index in [0.29, 0.717) is 17.9 Å². The molecule has 0 radical (unpaired) electrons. The van der Waals surface area contributed by atoms with Gasteiger partial charge in [-0.3, -0.25) is 0 Å². The lowest BCUT2D eigenvalue weighted by atomic mass is 10.2. The number of carbonyl (C=O) groups is 1. The molecule has 0 unspecified atom stereocenters. The maximum Gasteiger partial charge on any atom is 0.341 e. The molecule has 5 heteroatoms. The fraction of sp³-hybridized carbons (Fsp3) is 0.214. The number of methoxy groups -OCH3 is 1. The van der Waals surface area contributed by atoms with Crippen LogP contribution in [0.4, 0.5) is 5.69 Å². The molecule has 1 aromatic heterocycles. The molecule has 1 N–H and O–H groups in total. The zero-order valence-electron chi connectivity index (χ0n) is 10.7. The smallest absolute Gasteiger partial charge is 0.341 e. The van der Waals surface area contributed by atoms with Crippen molar-refractivity contribution >= 4 is 27.6 Å². The number of hydrogen-bond acceptors (Lipinski definition) is 4. The first kappa shape index (κ1) is 13.7. The number of nitrogens with one attached hydrogen (secondary N) is 1. The van der Waals surface area contributed by atoms with E-state index in [1.165, 1.54) is 18.9 Å². The van der Waals surface area contributed by atoms with Crippen LogP contribution in [0.25, 0.3) is 0 Å². The normalized spacial score (nSPS) is 10.3. The van der Waals surface area contributed by atoms with Crippen molar-refractivity contribution in [3.05, 3.63) is 51.9 Å². The number of halogens is 1. The van der Waals surface area contributed by atoms with Gasteiger partial charge in [-0.2, -0.15) is 0 Å². The van der Waals surface area contributed by atoms with Crippen LogP contribution in [0.3, 0.4) is 0 Å². The largest absolute Gasteiger partial charge is 0.467 e. The summed E-state index contributed by atoms with van der Waals surface area (Å²) in [4.78, 5) is 11.3. The molecule has 0 aliphatic rings. The predicted molar refractivity (Wildman–Crippen MR) is 76.3 cm³/mol. The Balaban J connectivity index is 2.04. The van der Waals surface area contributed by atoms with E-state index in [4.69, 9.17) is 4.42 Å². The van der Waals surface area contributed by atoms with Crippen molar-refractivity contribution in [1.82, 2.24) is 0 Å². The number of esters is 1. The number of hydrogen-bond donors (Lipinski definition) is 1. The molecule has 0 saturated heterocycles. The number of ether oxygens (including phenoxy) is 1. The first-order valence-corrected chi connectivity index (χ1v) is 6.55. The van der Waals surface area contributed by atoms with Crippen molar-refractivity contribution in [3.8, 4) is 0 Å². The van der Waals surface area contributed by atoms with Crippen LogP contribution in [0.5, 0.6) is 0 Å². The fourth-order valence-corrected chi connectivity index (χ4v) is 2.04. The summed E-state index contributed by atoms with van der Waals surface area (Å²) in [5.74, 6) is 0.278. The van der Waals surface area contributed by atoms with Gasteiger partial charge in [-0.15, -0.1) is 0 Å². The molecule has 0 aliphatic heterocycles. The third-order valence-electron chi connectivity index (χ3n) is 2.65. The number of anilines is 1. The number of benzene rings is 1. The molecule has 0 atom stereocenters. The Labute approximate surface area is 119 Å². The first-order valence-electron chi connectivity index (χ1n) is 5.76. The van der Waals surface area contributed by atoms with Crippen molar-refractivity contribution in [2.24, 2.45) is 0 Å². The van der Waals surface area contributed by atoms with Crippen LogP contribution in [-0.4, -0.2) is 13.1 Å². The van der Waals surface area contributed by atoms with Crippen LogP contribution < -0.4 is 5.32 Å². The van der Waals surface area contributed by atoms with Gasteiger partial charge in [0.05, 0.1) is 19.2 Å². The van der Waals surface area contributed by atoms with Gasteiger partial charge in [0.25, 0.3) is 0 Å². The molecule has 0 saturated carbocycles. The van der Waals surface area contributed by atoms with Gasteiger partial charge in [0.1, 0.15) is 12.0 Å². The highest BCUT2D eigenvalue weighted by molar-refractivity contribution is 9.10. The molecule has 100 valence electrons. The average molecular weight is 324 g/mol. The van der Waals surface area contributed by atoms with Crippen LogP contribution in [0.1, 0.15) is 21.7 Å². The highest BCUT2D eigenvalue weighted by atomic mass is 79.9. The van der Waals surface area contributed by atoms with E-state index in [1.807, 2.05) is 25.1 Å². The Hall–Kier alpha value is -1.75. The minimum absolute atomic E-state index is 0.397. The Kier molecular flexibility index (Phi) is 4.27. The molecule has 0 fully saturated rings. The second-order valence-electron chi connectivity index (χ2n) is 4.13. The third-order valence-corrected chi connectivity index (χ3v) is 3.34. The summed E-state index contributed by atoms with van der Waals surface area (Å²) in [6.45, 7) is 2.53. The molecular formula is C14H14BrNO3. The van der Waals surface area contributed by atoms with Gasteiger partial charge in [-0.05, 0) is 46.6 Å². The van der Waals surface area contributed by atoms with E-state index >= 15 is 0 Å². The third kappa shape index (κ3) is 3.38. The molecule has 19 heavy (non-hydrogen) atoms. The summed E-state index contributed by atoms with van der Waals surface area (Å²) in [5.41, 5.74) is 2.57. The monoisotopic (exact) mass is 323 g/mol. The molecular weight excluding hydrogens is 310 g/mol.